The van der Waals surface area contributed by atoms with Gasteiger partial charge in [-0.25, -0.2) is 0 Å². The molecular formula is C80H62BN3O2. The molecule has 12 aromatic carbocycles. The summed E-state index contributed by atoms with van der Waals surface area (Å²) >= 11 is 0. The summed E-state index contributed by atoms with van der Waals surface area (Å²) in [4.78, 5) is 6.11. The van der Waals surface area contributed by atoms with Gasteiger partial charge in [0.05, 0.1) is 23.7 Å². The maximum Gasteiger partial charge on any atom is 0.257 e. The fourth-order valence-electron chi connectivity index (χ4n) is 13.3. The Bertz CT molecular complexity index is 5440. The Balaban J connectivity index is 1.13. The van der Waals surface area contributed by atoms with Crippen molar-refractivity contribution in [2.24, 2.45) is 0 Å². The second-order valence-electron chi connectivity index (χ2n) is 24.6. The molecular weight excluding hydrogens is 1050 g/mol. The van der Waals surface area contributed by atoms with Gasteiger partial charge in [-0.2, -0.15) is 0 Å². The first kappa shape index (κ1) is 42.5. The molecule has 0 saturated heterocycles. The highest BCUT2D eigenvalue weighted by molar-refractivity contribution is 7.02. The van der Waals surface area contributed by atoms with Gasteiger partial charge in [0.15, 0.2) is 5.58 Å². The van der Waals surface area contributed by atoms with Gasteiger partial charge in [0.25, 0.3) is 6.71 Å². The van der Waals surface area contributed by atoms with Crippen molar-refractivity contribution in [2.45, 2.75) is 52.4 Å². The zero-order valence-electron chi connectivity index (χ0n) is 57.4. The molecule has 0 fully saturated rings. The van der Waals surface area contributed by atoms with Crippen molar-refractivity contribution in [3.8, 4) is 33.4 Å². The average molecular weight is 1120 g/mol. The number of fused-ring (bicyclic) bond motifs is 13. The molecule has 16 rings (SSSR count). The Morgan fingerprint density at radius 1 is 0.395 bits per heavy atom. The van der Waals surface area contributed by atoms with Crippen LogP contribution in [0.25, 0.3) is 77.3 Å². The highest BCUT2D eigenvalue weighted by Gasteiger charge is 2.48. The number of para-hydroxylation sites is 5. The summed E-state index contributed by atoms with van der Waals surface area (Å²) in [6.07, 6.45) is 0. The van der Waals surface area contributed by atoms with Crippen LogP contribution >= 0.6 is 0 Å². The first-order valence-electron chi connectivity index (χ1n) is 33.8. The monoisotopic (exact) mass is 1120 g/mol. The van der Waals surface area contributed by atoms with Crippen molar-refractivity contribution < 1.29 is 21.2 Å². The number of anilines is 9. The van der Waals surface area contributed by atoms with E-state index in [2.05, 4.69) is 156 Å². The largest absolute Gasteiger partial charge is 0.456 e. The van der Waals surface area contributed by atoms with Gasteiger partial charge < -0.3 is 23.5 Å². The number of furan rings is 2. The molecule has 0 bridgehead atoms. The first-order chi connectivity index (χ1) is 45.7. The van der Waals surface area contributed by atoms with Crippen LogP contribution < -0.4 is 31.1 Å². The average Bonchev–Trinajstić information content (AvgIpc) is 1.66. The zero-order valence-corrected chi connectivity index (χ0v) is 48.4. The lowest BCUT2D eigenvalue weighted by Gasteiger charge is -2.45. The van der Waals surface area contributed by atoms with Gasteiger partial charge in [-0.05, 0) is 128 Å². The Morgan fingerprint density at radius 2 is 0.930 bits per heavy atom. The van der Waals surface area contributed by atoms with Crippen molar-refractivity contribution in [3.63, 3.8) is 0 Å². The van der Waals surface area contributed by atoms with Crippen LogP contribution in [0, 0.1) is 0 Å². The highest BCUT2D eigenvalue weighted by Crippen LogP contribution is 2.55. The summed E-state index contributed by atoms with van der Waals surface area (Å²) < 4.78 is 99.6. The number of benzene rings is 12. The van der Waals surface area contributed by atoms with Gasteiger partial charge >= 0.3 is 0 Å². The lowest BCUT2D eigenvalue weighted by atomic mass is 9.33. The fourth-order valence-corrected chi connectivity index (χ4v) is 13.3. The van der Waals surface area contributed by atoms with Crippen LogP contribution in [0.4, 0.5) is 51.2 Å². The zero-order chi connectivity index (χ0) is 65.8. The van der Waals surface area contributed by atoms with Crippen molar-refractivity contribution in [1.29, 1.82) is 0 Å². The van der Waals surface area contributed by atoms with Crippen LogP contribution in [0.5, 0.6) is 0 Å². The molecule has 0 atom stereocenters. The van der Waals surface area contributed by atoms with Crippen LogP contribution in [0.2, 0.25) is 0 Å². The summed E-state index contributed by atoms with van der Waals surface area (Å²) in [6, 6.07) is 68.2. The van der Waals surface area contributed by atoms with Crippen molar-refractivity contribution in [3.05, 3.63) is 278 Å². The molecule has 0 aliphatic carbocycles. The maximum absolute atomic E-state index is 10.1. The Hall–Kier alpha value is -10.3. The van der Waals surface area contributed by atoms with E-state index in [1.807, 2.05) is 107 Å². The van der Waals surface area contributed by atoms with E-state index in [-0.39, 0.29) is 46.4 Å². The molecule has 2 aromatic heterocycles. The number of nitrogens with zero attached hydrogens (tertiary/aromatic N) is 3. The Kier molecular flexibility index (Phi) is 9.71. The third-order valence-corrected chi connectivity index (χ3v) is 17.4. The molecule has 86 heavy (non-hydrogen) atoms. The normalized spacial score (nSPS) is 14.4. The quantitative estimate of drug-likeness (QED) is 0.142. The van der Waals surface area contributed by atoms with Crippen molar-refractivity contribution in [1.82, 2.24) is 0 Å². The van der Waals surface area contributed by atoms with E-state index in [1.54, 1.807) is 0 Å². The SMILES string of the molecule is [2H]c1cc(N(c2ccc(C(C)(C)C)cc2)c2ccc3c(c2)N(c2c(-c4ccccc4)cccc2-c2ccccc2)c2cc(-c4ccc(C(C)(C)C)cc4)cc4c2B3c2c(c3oc5ccccc5c3c3c2oc2ccccc23)N4c2c([2H])c([2H])c([2H])c([2H])c2[2H])c([2H])c([2H])c1[2H]. The molecule has 5 nitrogen and oxygen atoms in total. The summed E-state index contributed by atoms with van der Waals surface area (Å²) in [5, 5.41) is 3.19. The molecule has 2 aliphatic rings. The second kappa shape index (κ2) is 19.7. The Morgan fingerprint density at radius 3 is 1.56 bits per heavy atom. The summed E-state index contributed by atoms with van der Waals surface area (Å²) in [5.41, 5.74) is 16.2. The molecule has 412 valence electrons. The molecule has 0 spiro atoms. The second-order valence-corrected chi connectivity index (χ2v) is 24.6. The van der Waals surface area contributed by atoms with Crippen molar-refractivity contribution >= 4 is 118 Å². The summed E-state index contributed by atoms with van der Waals surface area (Å²) in [7, 11) is 0. The highest BCUT2D eigenvalue weighted by atomic mass is 16.3. The number of hydrogen-bond donors (Lipinski definition) is 0. The minimum atomic E-state index is -0.757. The molecule has 0 radical (unpaired) electrons. The van der Waals surface area contributed by atoms with Crippen LogP contribution in [0.15, 0.2) is 276 Å². The molecule has 0 saturated carbocycles. The van der Waals surface area contributed by atoms with Crippen LogP contribution in [0.1, 0.15) is 65.0 Å². The summed E-state index contributed by atoms with van der Waals surface area (Å²) in [6.45, 7) is 12.3. The van der Waals surface area contributed by atoms with E-state index in [1.165, 1.54) is 6.07 Å². The fraction of sp³-hybridized carbons (Fsp3) is 0.100. The van der Waals surface area contributed by atoms with Gasteiger partial charge in [-0.3, -0.25) is 0 Å². The molecule has 4 heterocycles. The topological polar surface area (TPSA) is 36.0 Å². The molecule has 0 amide bonds. The van der Waals surface area contributed by atoms with Gasteiger partial charge in [0, 0.05) is 77.9 Å². The van der Waals surface area contributed by atoms with Gasteiger partial charge in [0.2, 0.25) is 0 Å². The van der Waals surface area contributed by atoms with Crippen LogP contribution in [0.3, 0.4) is 0 Å². The number of rotatable bonds is 8. The molecule has 14 aromatic rings. The third kappa shape index (κ3) is 8.15. The van der Waals surface area contributed by atoms with Gasteiger partial charge in [-0.1, -0.05) is 236 Å². The van der Waals surface area contributed by atoms with E-state index < -0.39 is 36.9 Å². The first-order valence-corrected chi connectivity index (χ1v) is 29.3. The van der Waals surface area contributed by atoms with Gasteiger partial charge in [-0.15, -0.1) is 0 Å². The lowest BCUT2D eigenvalue weighted by Crippen LogP contribution is -2.61. The Labute approximate surface area is 515 Å². The van der Waals surface area contributed by atoms with Gasteiger partial charge in [0.1, 0.15) is 16.7 Å². The summed E-state index contributed by atoms with van der Waals surface area (Å²) in [5.74, 6) is 0. The van der Waals surface area contributed by atoms with E-state index in [9.17, 15) is 6.85 Å². The molecule has 6 heteroatoms. The molecule has 0 N–H and O–H groups in total. The smallest absolute Gasteiger partial charge is 0.257 e. The minimum absolute atomic E-state index is 0.0711. The van der Waals surface area contributed by atoms with Crippen LogP contribution in [-0.4, -0.2) is 6.71 Å². The standard InChI is InChI=1S/C80H62BN3O2/c1-79(2,3)55-40-38-51(39-41-55)54-48-67-73-68(49-54)84(75-61(52-24-11-7-12-25-52)34-23-35-62(75)53-26-13-8-14-27-53)66-50-60(82(57-28-15-9-16-29-57)59-44-42-56(43-45-59)80(4,5)6)46-47-65(66)81(73)74-76(83(67)58-30-17-10-18-31-58)78-72(64-33-20-22-37-70(64)86-78)71-63-32-19-21-36-69(63)85-77(71)74/h7-50H,1-6H3/i9D,10D,15D,16D,17D,18D,28D,30D,31D. The lowest BCUT2D eigenvalue weighted by molar-refractivity contribution is 0.590. The maximum atomic E-state index is 10.1. The predicted octanol–water partition coefficient (Wildman–Crippen LogP) is 20.6. The van der Waals surface area contributed by atoms with Crippen LogP contribution in [-0.2, 0) is 10.8 Å². The molecule has 0 unspecified atom stereocenters. The number of hydrogen-bond acceptors (Lipinski definition) is 5. The minimum Gasteiger partial charge on any atom is -0.456 e. The van der Waals surface area contributed by atoms with E-state index in [0.29, 0.717) is 56.2 Å². The van der Waals surface area contributed by atoms with Crippen molar-refractivity contribution in [2.75, 3.05) is 14.7 Å². The third-order valence-electron chi connectivity index (χ3n) is 17.4. The molecule has 2 aliphatic heterocycles. The van der Waals surface area contributed by atoms with E-state index in [4.69, 9.17) is 14.3 Å². The predicted molar refractivity (Wildman–Crippen MR) is 363 cm³/mol. The van der Waals surface area contributed by atoms with E-state index in [0.717, 1.165) is 88.4 Å². The van der Waals surface area contributed by atoms with E-state index >= 15 is 0 Å².